The van der Waals surface area contributed by atoms with Gasteiger partial charge in [-0.2, -0.15) is 0 Å². The second-order valence-electron chi connectivity index (χ2n) is 4.67. The lowest BCUT2D eigenvalue weighted by Gasteiger charge is -2.08. The standard InChI is InChI=1S/C14H20FNO/c1-10(9-16)3-6-14(17)8-12-4-5-13(15)7-11(12)2/h4-5,7,10H,3,6,8-9,16H2,1-2H3. The molecule has 0 spiro atoms. The third-order valence-corrected chi connectivity index (χ3v) is 3.01. The number of ketones is 1. The van der Waals surface area contributed by atoms with Gasteiger partial charge < -0.3 is 5.73 Å². The molecule has 0 radical (unpaired) electrons. The first kappa shape index (κ1) is 13.8. The summed E-state index contributed by atoms with van der Waals surface area (Å²) in [5.41, 5.74) is 7.25. The van der Waals surface area contributed by atoms with E-state index in [-0.39, 0.29) is 11.6 Å². The van der Waals surface area contributed by atoms with Crippen molar-refractivity contribution in [1.29, 1.82) is 0 Å². The maximum Gasteiger partial charge on any atom is 0.137 e. The summed E-state index contributed by atoms with van der Waals surface area (Å²) in [6, 6.07) is 4.55. The molecule has 1 aromatic carbocycles. The molecule has 0 aliphatic rings. The monoisotopic (exact) mass is 237 g/mol. The van der Waals surface area contributed by atoms with Gasteiger partial charge in [-0.25, -0.2) is 4.39 Å². The largest absolute Gasteiger partial charge is 0.330 e. The Hall–Kier alpha value is -1.22. The normalized spacial score (nSPS) is 12.5. The number of carbonyl (C=O) groups excluding carboxylic acids is 1. The molecule has 0 aliphatic carbocycles. The summed E-state index contributed by atoms with van der Waals surface area (Å²) in [7, 11) is 0. The first-order chi connectivity index (χ1) is 8.02. The van der Waals surface area contributed by atoms with Gasteiger partial charge in [0.2, 0.25) is 0 Å². The van der Waals surface area contributed by atoms with Crippen molar-refractivity contribution in [2.24, 2.45) is 11.7 Å². The fourth-order valence-corrected chi connectivity index (χ4v) is 1.68. The predicted molar refractivity (Wildman–Crippen MR) is 67.3 cm³/mol. The number of hydrogen-bond acceptors (Lipinski definition) is 2. The fraction of sp³-hybridized carbons (Fsp3) is 0.500. The van der Waals surface area contributed by atoms with Gasteiger partial charge in [0.25, 0.3) is 0 Å². The first-order valence-electron chi connectivity index (χ1n) is 5.99. The molecule has 0 aromatic heterocycles. The minimum absolute atomic E-state index is 0.194. The van der Waals surface area contributed by atoms with Gasteiger partial charge in [-0.15, -0.1) is 0 Å². The van der Waals surface area contributed by atoms with E-state index >= 15 is 0 Å². The number of rotatable bonds is 6. The molecule has 1 unspecified atom stereocenters. The topological polar surface area (TPSA) is 43.1 Å². The van der Waals surface area contributed by atoms with Crippen molar-refractivity contribution < 1.29 is 9.18 Å². The zero-order chi connectivity index (χ0) is 12.8. The highest BCUT2D eigenvalue weighted by atomic mass is 19.1. The Bertz CT molecular complexity index is 390. The van der Waals surface area contributed by atoms with Gasteiger partial charge >= 0.3 is 0 Å². The minimum atomic E-state index is -0.254. The molecule has 1 rings (SSSR count). The van der Waals surface area contributed by atoms with Gasteiger partial charge in [-0.3, -0.25) is 4.79 Å². The van der Waals surface area contributed by atoms with Crippen molar-refractivity contribution in [2.45, 2.75) is 33.1 Å². The van der Waals surface area contributed by atoms with Crippen molar-refractivity contribution in [3.05, 3.63) is 35.1 Å². The van der Waals surface area contributed by atoms with Crippen LogP contribution in [0.1, 0.15) is 30.9 Å². The summed E-state index contributed by atoms with van der Waals surface area (Å²) >= 11 is 0. The molecule has 2 N–H and O–H groups in total. The fourth-order valence-electron chi connectivity index (χ4n) is 1.68. The van der Waals surface area contributed by atoms with Crippen LogP contribution in [-0.4, -0.2) is 12.3 Å². The number of nitrogens with two attached hydrogens (primary N) is 1. The smallest absolute Gasteiger partial charge is 0.137 e. The summed E-state index contributed by atoms with van der Waals surface area (Å²) in [4.78, 5) is 11.7. The molecule has 0 saturated heterocycles. The van der Waals surface area contributed by atoms with Gasteiger partial charge in [0.05, 0.1) is 0 Å². The molecular weight excluding hydrogens is 217 g/mol. The van der Waals surface area contributed by atoms with Gasteiger partial charge in [-0.1, -0.05) is 13.0 Å². The summed E-state index contributed by atoms with van der Waals surface area (Å²) in [5, 5.41) is 0. The second-order valence-corrected chi connectivity index (χ2v) is 4.67. The molecule has 3 heteroatoms. The van der Waals surface area contributed by atoms with E-state index in [1.807, 2.05) is 13.8 Å². The number of aryl methyl sites for hydroxylation is 1. The van der Waals surface area contributed by atoms with E-state index in [0.29, 0.717) is 25.3 Å². The summed E-state index contributed by atoms with van der Waals surface area (Å²) < 4.78 is 12.9. The van der Waals surface area contributed by atoms with E-state index < -0.39 is 0 Å². The van der Waals surface area contributed by atoms with Crippen LogP contribution in [-0.2, 0) is 11.2 Å². The summed E-state index contributed by atoms with van der Waals surface area (Å²) in [5.74, 6) is 0.323. The quantitative estimate of drug-likeness (QED) is 0.826. The Balaban J connectivity index is 2.50. The van der Waals surface area contributed by atoms with E-state index in [1.165, 1.54) is 12.1 Å². The molecule has 2 nitrogen and oxygen atoms in total. The van der Waals surface area contributed by atoms with E-state index in [2.05, 4.69) is 0 Å². The van der Waals surface area contributed by atoms with Crippen LogP contribution in [0.15, 0.2) is 18.2 Å². The molecule has 0 saturated carbocycles. The maximum absolute atomic E-state index is 12.9. The third kappa shape index (κ3) is 4.65. The van der Waals surface area contributed by atoms with Crippen molar-refractivity contribution in [3.63, 3.8) is 0 Å². The Kier molecular flexibility index (Phi) is 5.29. The Morgan fingerprint density at radius 3 is 2.76 bits per heavy atom. The van der Waals surface area contributed by atoms with E-state index in [4.69, 9.17) is 5.73 Å². The number of halogens is 1. The highest BCUT2D eigenvalue weighted by Crippen LogP contribution is 2.13. The van der Waals surface area contributed by atoms with Crippen molar-refractivity contribution >= 4 is 5.78 Å². The van der Waals surface area contributed by atoms with Crippen molar-refractivity contribution in [2.75, 3.05) is 6.54 Å². The van der Waals surface area contributed by atoms with Crippen LogP contribution >= 0.6 is 0 Å². The number of carbonyl (C=O) groups is 1. The molecule has 0 amide bonds. The molecule has 94 valence electrons. The molecule has 17 heavy (non-hydrogen) atoms. The van der Waals surface area contributed by atoms with Crippen LogP contribution in [0.2, 0.25) is 0 Å². The van der Waals surface area contributed by atoms with Crippen LogP contribution in [0.3, 0.4) is 0 Å². The lowest BCUT2D eigenvalue weighted by atomic mass is 9.98. The highest BCUT2D eigenvalue weighted by molar-refractivity contribution is 5.81. The van der Waals surface area contributed by atoms with E-state index in [1.54, 1.807) is 6.07 Å². The van der Waals surface area contributed by atoms with E-state index in [0.717, 1.165) is 17.5 Å². The zero-order valence-electron chi connectivity index (χ0n) is 10.5. The lowest BCUT2D eigenvalue weighted by molar-refractivity contribution is -0.118. The van der Waals surface area contributed by atoms with Crippen LogP contribution in [0.5, 0.6) is 0 Å². The van der Waals surface area contributed by atoms with Gasteiger partial charge in [-0.05, 0) is 49.1 Å². The number of hydrogen-bond donors (Lipinski definition) is 1. The van der Waals surface area contributed by atoms with Gasteiger partial charge in [0, 0.05) is 12.8 Å². The van der Waals surface area contributed by atoms with Crippen LogP contribution < -0.4 is 5.73 Å². The molecule has 1 atom stereocenters. The molecule has 0 fully saturated rings. The Morgan fingerprint density at radius 1 is 1.47 bits per heavy atom. The lowest BCUT2D eigenvalue weighted by Crippen LogP contribution is -2.13. The van der Waals surface area contributed by atoms with Crippen LogP contribution in [0, 0.1) is 18.7 Å². The van der Waals surface area contributed by atoms with Crippen LogP contribution in [0.25, 0.3) is 0 Å². The summed E-state index contributed by atoms with van der Waals surface area (Å²) in [6.45, 7) is 4.48. The van der Waals surface area contributed by atoms with Gasteiger partial charge in [0.15, 0.2) is 0 Å². The second kappa shape index (κ2) is 6.50. The highest BCUT2D eigenvalue weighted by Gasteiger charge is 2.08. The first-order valence-corrected chi connectivity index (χ1v) is 5.99. The zero-order valence-corrected chi connectivity index (χ0v) is 10.5. The Labute approximate surface area is 102 Å². The number of benzene rings is 1. The molecular formula is C14H20FNO. The average molecular weight is 237 g/mol. The summed E-state index contributed by atoms with van der Waals surface area (Å²) in [6.07, 6.45) is 1.77. The third-order valence-electron chi connectivity index (χ3n) is 3.01. The average Bonchev–Trinajstić information content (AvgIpc) is 2.29. The predicted octanol–water partition coefficient (Wildman–Crippen LogP) is 2.62. The number of Topliss-reactive ketones (excluding diaryl/α,β-unsaturated/α-hetero) is 1. The van der Waals surface area contributed by atoms with Crippen LogP contribution in [0.4, 0.5) is 4.39 Å². The molecule has 0 bridgehead atoms. The SMILES string of the molecule is Cc1cc(F)ccc1CC(=O)CCC(C)CN. The minimum Gasteiger partial charge on any atom is -0.330 e. The molecule has 0 heterocycles. The molecule has 0 aliphatic heterocycles. The maximum atomic E-state index is 12.9. The Morgan fingerprint density at radius 2 is 2.18 bits per heavy atom. The van der Waals surface area contributed by atoms with Gasteiger partial charge in [0.1, 0.15) is 11.6 Å². The van der Waals surface area contributed by atoms with Crippen molar-refractivity contribution in [1.82, 2.24) is 0 Å². The van der Waals surface area contributed by atoms with Crippen molar-refractivity contribution in [3.8, 4) is 0 Å². The molecule has 1 aromatic rings. The van der Waals surface area contributed by atoms with E-state index in [9.17, 15) is 9.18 Å².